The highest BCUT2D eigenvalue weighted by Crippen LogP contribution is 2.33. The van der Waals surface area contributed by atoms with Gasteiger partial charge in [0.2, 0.25) is 5.91 Å². The molecule has 130 valence electrons. The molecule has 0 saturated heterocycles. The SMILES string of the molecule is CN(CC(=O)N1CCc2ccccc2C1)C1CCCc2ccccc21. The van der Waals surface area contributed by atoms with E-state index in [1.54, 1.807) is 0 Å². The monoisotopic (exact) mass is 334 g/mol. The van der Waals surface area contributed by atoms with Crippen molar-refractivity contribution in [1.29, 1.82) is 0 Å². The first-order chi connectivity index (χ1) is 12.2. The summed E-state index contributed by atoms with van der Waals surface area (Å²) in [6, 6.07) is 17.6. The van der Waals surface area contributed by atoms with Gasteiger partial charge in [-0.3, -0.25) is 9.69 Å². The number of rotatable bonds is 3. The maximum Gasteiger partial charge on any atom is 0.237 e. The lowest BCUT2D eigenvalue weighted by molar-refractivity contribution is -0.133. The van der Waals surface area contributed by atoms with E-state index < -0.39 is 0 Å². The fourth-order valence-electron chi connectivity index (χ4n) is 4.32. The third kappa shape index (κ3) is 3.34. The number of nitrogens with zero attached hydrogens (tertiary/aromatic N) is 2. The Bertz CT molecular complexity index is 770. The van der Waals surface area contributed by atoms with Gasteiger partial charge in [-0.2, -0.15) is 0 Å². The van der Waals surface area contributed by atoms with Gasteiger partial charge in [0, 0.05) is 19.1 Å². The lowest BCUT2D eigenvalue weighted by Gasteiger charge is -2.35. The lowest BCUT2D eigenvalue weighted by atomic mass is 9.87. The average Bonchev–Trinajstić information content (AvgIpc) is 2.67. The van der Waals surface area contributed by atoms with Gasteiger partial charge >= 0.3 is 0 Å². The molecule has 0 bridgehead atoms. The molecule has 0 N–H and O–H groups in total. The minimum Gasteiger partial charge on any atom is -0.337 e. The molecule has 3 nitrogen and oxygen atoms in total. The number of benzene rings is 2. The first kappa shape index (κ1) is 16.3. The normalized spacial score (nSPS) is 19.4. The molecular formula is C22H26N2O. The van der Waals surface area contributed by atoms with Crippen molar-refractivity contribution in [2.45, 2.75) is 38.3 Å². The van der Waals surface area contributed by atoms with Crippen LogP contribution in [-0.4, -0.2) is 35.8 Å². The van der Waals surface area contributed by atoms with Crippen LogP contribution in [0.4, 0.5) is 0 Å². The Morgan fingerprint density at radius 2 is 1.76 bits per heavy atom. The van der Waals surface area contributed by atoms with E-state index in [9.17, 15) is 4.79 Å². The van der Waals surface area contributed by atoms with Crippen molar-refractivity contribution in [2.75, 3.05) is 20.1 Å². The van der Waals surface area contributed by atoms with Gasteiger partial charge in [0.1, 0.15) is 0 Å². The number of hydrogen-bond acceptors (Lipinski definition) is 2. The highest BCUT2D eigenvalue weighted by Gasteiger charge is 2.27. The molecule has 0 fully saturated rings. The van der Waals surface area contributed by atoms with Crippen molar-refractivity contribution in [3.05, 3.63) is 70.8 Å². The second kappa shape index (κ2) is 7.01. The van der Waals surface area contributed by atoms with Crippen molar-refractivity contribution in [1.82, 2.24) is 9.80 Å². The predicted octanol–water partition coefficient (Wildman–Crippen LogP) is 3.58. The molecule has 0 saturated carbocycles. The van der Waals surface area contributed by atoms with Crippen molar-refractivity contribution in [3.63, 3.8) is 0 Å². The van der Waals surface area contributed by atoms with Gasteiger partial charge in [0.15, 0.2) is 0 Å². The molecular weight excluding hydrogens is 308 g/mol. The molecule has 1 atom stereocenters. The highest BCUT2D eigenvalue weighted by atomic mass is 16.2. The van der Waals surface area contributed by atoms with E-state index in [-0.39, 0.29) is 5.91 Å². The number of hydrogen-bond donors (Lipinski definition) is 0. The summed E-state index contributed by atoms with van der Waals surface area (Å²) < 4.78 is 0. The van der Waals surface area contributed by atoms with E-state index in [2.05, 4.69) is 60.5 Å². The molecule has 3 heteroatoms. The highest BCUT2D eigenvalue weighted by molar-refractivity contribution is 5.78. The van der Waals surface area contributed by atoms with Crippen LogP contribution < -0.4 is 0 Å². The molecule has 4 rings (SSSR count). The second-order valence-corrected chi connectivity index (χ2v) is 7.36. The van der Waals surface area contributed by atoms with Crippen molar-refractivity contribution in [3.8, 4) is 0 Å². The van der Waals surface area contributed by atoms with Crippen molar-refractivity contribution < 1.29 is 4.79 Å². The molecule has 0 radical (unpaired) electrons. The van der Waals surface area contributed by atoms with Crippen LogP contribution in [0.3, 0.4) is 0 Å². The number of aryl methyl sites for hydroxylation is 1. The molecule has 1 aliphatic heterocycles. The van der Waals surface area contributed by atoms with Crippen molar-refractivity contribution >= 4 is 5.91 Å². The van der Waals surface area contributed by atoms with Gasteiger partial charge in [-0.1, -0.05) is 48.5 Å². The van der Waals surface area contributed by atoms with Gasteiger partial charge in [-0.25, -0.2) is 0 Å². The molecule has 2 aromatic carbocycles. The molecule has 0 aromatic heterocycles. The molecule has 25 heavy (non-hydrogen) atoms. The molecule has 1 unspecified atom stereocenters. The molecule has 1 amide bonds. The predicted molar refractivity (Wildman–Crippen MR) is 100 cm³/mol. The Hall–Kier alpha value is -2.13. The molecule has 2 aromatic rings. The van der Waals surface area contributed by atoms with Crippen LogP contribution in [0.15, 0.2) is 48.5 Å². The zero-order valence-electron chi connectivity index (χ0n) is 14.9. The minimum absolute atomic E-state index is 0.250. The summed E-state index contributed by atoms with van der Waals surface area (Å²) >= 11 is 0. The van der Waals surface area contributed by atoms with Crippen LogP contribution in [-0.2, 0) is 24.2 Å². The Balaban J connectivity index is 1.44. The van der Waals surface area contributed by atoms with Crippen LogP contribution in [0.25, 0.3) is 0 Å². The number of carbonyl (C=O) groups is 1. The van der Waals surface area contributed by atoms with Gasteiger partial charge < -0.3 is 4.90 Å². The van der Waals surface area contributed by atoms with E-state index in [4.69, 9.17) is 0 Å². The minimum atomic E-state index is 0.250. The van der Waals surface area contributed by atoms with E-state index in [1.807, 2.05) is 4.90 Å². The maximum atomic E-state index is 12.9. The van der Waals surface area contributed by atoms with Crippen LogP contribution in [0.2, 0.25) is 0 Å². The largest absolute Gasteiger partial charge is 0.337 e. The molecule has 1 heterocycles. The van der Waals surface area contributed by atoms with Crippen LogP contribution >= 0.6 is 0 Å². The van der Waals surface area contributed by atoms with Gasteiger partial charge in [0.05, 0.1) is 6.54 Å². The smallest absolute Gasteiger partial charge is 0.237 e. The zero-order chi connectivity index (χ0) is 17.2. The summed E-state index contributed by atoms with van der Waals surface area (Å²) in [4.78, 5) is 17.1. The molecule has 1 aliphatic carbocycles. The fraction of sp³-hybridized carbons (Fsp3) is 0.409. The number of fused-ring (bicyclic) bond motifs is 2. The summed E-state index contributed by atoms with van der Waals surface area (Å²) in [5.74, 6) is 0.250. The van der Waals surface area contributed by atoms with E-state index in [0.29, 0.717) is 12.6 Å². The number of carbonyl (C=O) groups excluding carboxylic acids is 1. The molecule has 2 aliphatic rings. The lowest BCUT2D eigenvalue weighted by Crippen LogP contribution is -2.43. The van der Waals surface area contributed by atoms with E-state index >= 15 is 0 Å². The number of amides is 1. The maximum absolute atomic E-state index is 12.9. The number of likely N-dealkylation sites (N-methyl/N-ethyl adjacent to an activating group) is 1. The Kier molecular flexibility index (Phi) is 4.58. The topological polar surface area (TPSA) is 23.6 Å². The van der Waals surface area contributed by atoms with Crippen LogP contribution in [0.1, 0.15) is 41.1 Å². The van der Waals surface area contributed by atoms with Gasteiger partial charge in [0.25, 0.3) is 0 Å². The standard InChI is InChI=1S/C22H26N2O/c1-23(21-12-6-10-18-8-4-5-11-20(18)21)16-22(25)24-14-13-17-7-2-3-9-19(17)15-24/h2-5,7-9,11,21H,6,10,12-16H2,1H3. The van der Waals surface area contributed by atoms with Crippen LogP contribution in [0, 0.1) is 0 Å². The van der Waals surface area contributed by atoms with E-state index in [0.717, 1.165) is 32.4 Å². The summed E-state index contributed by atoms with van der Waals surface area (Å²) in [5, 5.41) is 0. The van der Waals surface area contributed by atoms with Gasteiger partial charge in [-0.05, 0) is 55.0 Å². The van der Waals surface area contributed by atoms with Crippen LogP contribution in [0.5, 0.6) is 0 Å². The quantitative estimate of drug-likeness (QED) is 0.856. The first-order valence-electron chi connectivity index (χ1n) is 9.35. The summed E-state index contributed by atoms with van der Waals surface area (Å²) in [6.45, 7) is 2.09. The third-order valence-corrected chi connectivity index (χ3v) is 5.74. The van der Waals surface area contributed by atoms with Gasteiger partial charge in [-0.15, -0.1) is 0 Å². The first-order valence-corrected chi connectivity index (χ1v) is 9.35. The Morgan fingerprint density at radius 3 is 2.60 bits per heavy atom. The van der Waals surface area contributed by atoms with Crippen molar-refractivity contribution in [2.24, 2.45) is 0 Å². The summed E-state index contributed by atoms with van der Waals surface area (Å²) in [6.07, 6.45) is 4.48. The average molecular weight is 334 g/mol. The molecule has 0 spiro atoms. The third-order valence-electron chi connectivity index (χ3n) is 5.74. The second-order valence-electron chi connectivity index (χ2n) is 7.36. The summed E-state index contributed by atoms with van der Waals surface area (Å²) in [5.41, 5.74) is 5.55. The Morgan fingerprint density at radius 1 is 1.04 bits per heavy atom. The Labute approximate surface area is 150 Å². The summed E-state index contributed by atoms with van der Waals surface area (Å²) in [7, 11) is 2.10. The van der Waals surface area contributed by atoms with E-state index in [1.165, 1.54) is 28.7 Å². The fourth-order valence-corrected chi connectivity index (χ4v) is 4.32. The zero-order valence-corrected chi connectivity index (χ0v) is 14.9.